The molecule has 1 rings (SSSR count). The van der Waals surface area contributed by atoms with Crippen LogP contribution in [0, 0.1) is 5.92 Å². The number of rotatable bonds is 5. The molecular weight excluding hydrogens is 216 g/mol. The van der Waals surface area contributed by atoms with Gasteiger partial charge in [0.2, 0.25) is 5.91 Å². The van der Waals surface area contributed by atoms with Crippen LogP contribution in [0.1, 0.15) is 13.8 Å². The molecule has 0 unspecified atom stereocenters. The first-order valence-corrected chi connectivity index (χ1v) is 5.69. The minimum Gasteiger partial charge on any atom is -0.396 e. The van der Waals surface area contributed by atoms with E-state index >= 15 is 0 Å². The molecule has 1 heterocycles. The molecule has 0 saturated carbocycles. The zero-order chi connectivity index (χ0) is 12.8. The number of hydrogen-bond acceptors (Lipinski definition) is 4. The highest BCUT2D eigenvalue weighted by Crippen LogP contribution is 2.16. The maximum atomic E-state index is 11.6. The average molecular weight is 236 g/mol. The quantitative estimate of drug-likeness (QED) is 0.796. The molecule has 0 spiro atoms. The van der Waals surface area contributed by atoms with E-state index in [1.807, 2.05) is 0 Å². The molecule has 1 amide bonds. The van der Waals surface area contributed by atoms with Crippen LogP contribution in [0.25, 0.3) is 0 Å². The molecule has 0 bridgehead atoms. The lowest BCUT2D eigenvalue weighted by Crippen LogP contribution is -2.37. The van der Waals surface area contributed by atoms with Gasteiger partial charge >= 0.3 is 0 Å². The fourth-order valence-corrected chi connectivity index (χ4v) is 1.39. The molecule has 0 fully saturated rings. The highest BCUT2D eigenvalue weighted by Gasteiger charge is 2.10. The van der Waals surface area contributed by atoms with Gasteiger partial charge in [-0.1, -0.05) is 13.8 Å². The van der Waals surface area contributed by atoms with Crippen LogP contribution in [0.2, 0.25) is 0 Å². The number of nitrogen functional groups attached to an aromatic ring is 1. The van der Waals surface area contributed by atoms with Gasteiger partial charge in [0.15, 0.2) is 5.82 Å². The number of nitrogens with two attached hydrogens (primary N) is 1. The van der Waals surface area contributed by atoms with Crippen molar-refractivity contribution in [1.29, 1.82) is 0 Å². The number of carbonyl (C=O) groups is 1. The molecular formula is C12H20N4O. The summed E-state index contributed by atoms with van der Waals surface area (Å²) in [4.78, 5) is 17.5. The first-order chi connectivity index (χ1) is 8.00. The Morgan fingerprint density at radius 1 is 1.59 bits per heavy atom. The van der Waals surface area contributed by atoms with Crippen molar-refractivity contribution in [3.63, 3.8) is 0 Å². The van der Waals surface area contributed by atoms with Crippen molar-refractivity contribution in [3.05, 3.63) is 18.3 Å². The molecule has 5 heteroatoms. The second kappa shape index (κ2) is 6.08. The van der Waals surface area contributed by atoms with Crippen LogP contribution in [0.4, 0.5) is 11.5 Å². The molecule has 0 atom stereocenters. The van der Waals surface area contributed by atoms with Gasteiger partial charge in [-0.2, -0.15) is 0 Å². The molecule has 1 aromatic heterocycles. The summed E-state index contributed by atoms with van der Waals surface area (Å²) in [5.74, 6) is 1.06. The Morgan fingerprint density at radius 2 is 2.29 bits per heavy atom. The monoisotopic (exact) mass is 236 g/mol. The van der Waals surface area contributed by atoms with E-state index in [4.69, 9.17) is 5.73 Å². The van der Waals surface area contributed by atoms with E-state index in [1.54, 1.807) is 30.3 Å². The van der Waals surface area contributed by atoms with E-state index in [0.29, 0.717) is 24.0 Å². The van der Waals surface area contributed by atoms with Gasteiger partial charge in [0.1, 0.15) is 0 Å². The Bertz CT molecular complexity index is 379. The zero-order valence-corrected chi connectivity index (χ0v) is 10.6. The van der Waals surface area contributed by atoms with Gasteiger partial charge < -0.3 is 16.0 Å². The molecule has 0 saturated heterocycles. The van der Waals surface area contributed by atoms with Crippen LogP contribution in [-0.2, 0) is 4.79 Å². The van der Waals surface area contributed by atoms with E-state index < -0.39 is 0 Å². The van der Waals surface area contributed by atoms with Gasteiger partial charge in [-0.05, 0) is 18.1 Å². The third kappa shape index (κ3) is 4.30. The summed E-state index contributed by atoms with van der Waals surface area (Å²) < 4.78 is 0. The van der Waals surface area contributed by atoms with Crippen molar-refractivity contribution in [2.24, 2.45) is 5.92 Å². The summed E-state index contributed by atoms with van der Waals surface area (Å²) in [6, 6.07) is 3.54. The summed E-state index contributed by atoms with van der Waals surface area (Å²) in [6.07, 6.45) is 1.66. The standard InChI is InChI=1S/C12H20N4O/c1-9(2)7-15-11(17)8-16(3)12-10(13)5-4-6-14-12/h4-6,9H,7-8,13H2,1-3H3,(H,15,17). The molecule has 0 radical (unpaired) electrons. The second-order valence-corrected chi connectivity index (χ2v) is 4.47. The number of nitrogens with zero attached hydrogens (tertiary/aromatic N) is 2. The molecule has 0 aliphatic rings. The summed E-state index contributed by atoms with van der Waals surface area (Å²) in [5, 5.41) is 2.85. The number of hydrogen-bond donors (Lipinski definition) is 2. The molecule has 17 heavy (non-hydrogen) atoms. The molecule has 0 aliphatic carbocycles. The number of anilines is 2. The minimum atomic E-state index is -0.0220. The number of nitrogens with one attached hydrogen (secondary N) is 1. The SMILES string of the molecule is CC(C)CNC(=O)CN(C)c1ncccc1N. The predicted molar refractivity (Wildman–Crippen MR) is 69.8 cm³/mol. The first kappa shape index (κ1) is 13.3. The lowest BCUT2D eigenvalue weighted by Gasteiger charge is -2.19. The number of carbonyl (C=O) groups excluding carboxylic acids is 1. The summed E-state index contributed by atoms with van der Waals surface area (Å²) in [6.45, 7) is 5.06. The normalized spacial score (nSPS) is 10.4. The Hall–Kier alpha value is -1.78. The summed E-state index contributed by atoms with van der Waals surface area (Å²) >= 11 is 0. The van der Waals surface area contributed by atoms with E-state index in [9.17, 15) is 4.79 Å². The van der Waals surface area contributed by atoms with Crippen LogP contribution >= 0.6 is 0 Å². The molecule has 0 aliphatic heterocycles. The Kier molecular flexibility index (Phi) is 4.75. The molecule has 0 aromatic carbocycles. The van der Waals surface area contributed by atoms with Crippen molar-refractivity contribution in [2.75, 3.05) is 30.8 Å². The highest BCUT2D eigenvalue weighted by atomic mass is 16.2. The van der Waals surface area contributed by atoms with Gasteiger partial charge in [-0.25, -0.2) is 4.98 Å². The van der Waals surface area contributed by atoms with Gasteiger partial charge in [0.05, 0.1) is 12.2 Å². The van der Waals surface area contributed by atoms with Crippen molar-refractivity contribution in [2.45, 2.75) is 13.8 Å². The topological polar surface area (TPSA) is 71.2 Å². The van der Waals surface area contributed by atoms with Crippen LogP contribution in [0.3, 0.4) is 0 Å². The van der Waals surface area contributed by atoms with Gasteiger partial charge in [-0.3, -0.25) is 4.79 Å². The van der Waals surface area contributed by atoms with E-state index in [1.165, 1.54) is 0 Å². The Labute approximate surface area is 102 Å². The third-order valence-electron chi connectivity index (χ3n) is 2.27. The fraction of sp³-hybridized carbons (Fsp3) is 0.500. The van der Waals surface area contributed by atoms with Crippen LogP contribution in [0.15, 0.2) is 18.3 Å². The van der Waals surface area contributed by atoms with Crippen molar-refractivity contribution >= 4 is 17.4 Å². The smallest absolute Gasteiger partial charge is 0.239 e. The van der Waals surface area contributed by atoms with Crippen molar-refractivity contribution in [3.8, 4) is 0 Å². The van der Waals surface area contributed by atoms with Crippen LogP contribution < -0.4 is 16.0 Å². The van der Waals surface area contributed by atoms with Gasteiger partial charge in [-0.15, -0.1) is 0 Å². The molecule has 94 valence electrons. The number of pyridine rings is 1. The lowest BCUT2D eigenvalue weighted by atomic mass is 10.2. The van der Waals surface area contributed by atoms with Gasteiger partial charge in [0.25, 0.3) is 0 Å². The second-order valence-electron chi connectivity index (χ2n) is 4.47. The average Bonchev–Trinajstić information content (AvgIpc) is 2.26. The fourth-order valence-electron chi connectivity index (χ4n) is 1.39. The van der Waals surface area contributed by atoms with Crippen LogP contribution in [0.5, 0.6) is 0 Å². The third-order valence-corrected chi connectivity index (χ3v) is 2.27. The van der Waals surface area contributed by atoms with E-state index in [0.717, 1.165) is 0 Å². The lowest BCUT2D eigenvalue weighted by molar-refractivity contribution is -0.119. The Morgan fingerprint density at radius 3 is 2.88 bits per heavy atom. The van der Waals surface area contributed by atoms with Crippen molar-refractivity contribution < 1.29 is 4.79 Å². The maximum Gasteiger partial charge on any atom is 0.239 e. The number of aromatic nitrogens is 1. The summed E-state index contributed by atoms with van der Waals surface area (Å²) in [7, 11) is 1.80. The molecule has 3 N–H and O–H groups in total. The van der Waals surface area contributed by atoms with E-state index in [-0.39, 0.29) is 12.5 Å². The molecule has 5 nitrogen and oxygen atoms in total. The van der Waals surface area contributed by atoms with E-state index in [2.05, 4.69) is 24.1 Å². The van der Waals surface area contributed by atoms with Crippen molar-refractivity contribution in [1.82, 2.24) is 10.3 Å². The number of likely N-dealkylation sites (N-methyl/N-ethyl adjacent to an activating group) is 1. The zero-order valence-electron chi connectivity index (χ0n) is 10.6. The first-order valence-electron chi connectivity index (χ1n) is 5.69. The van der Waals surface area contributed by atoms with Crippen LogP contribution in [-0.4, -0.2) is 31.0 Å². The highest BCUT2D eigenvalue weighted by molar-refractivity contribution is 5.82. The number of amides is 1. The minimum absolute atomic E-state index is 0.0220. The maximum absolute atomic E-state index is 11.6. The largest absolute Gasteiger partial charge is 0.396 e. The summed E-state index contributed by atoms with van der Waals surface area (Å²) in [5.41, 5.74) is 6.36. The Balaban J connectivity index is 2.52. The predicted octanol–water partition coefficient (Wildman–Crippen LogP) is 0.872. The van der Waals surface area contributed by atoms with Gasteiger partial charge in [0, 0.05) is 19.8 Å². The molecule has 1 aromatic rings.